The van der Waals surface area contributed by atoms with Gasteiger partial charge in [-0.1, -0.05) is 44.2 Å². The van der Waals surface area contributed by atoms with Crippen LogP contribution in [-0.4, -0.2) is 33.9 Å². The quantitative estimate of drug-likeness (QED) is 0.852. The molecule has 1 aliphatic rings. The van der Waals surface area contributed by atoms with E-state index in [0.717, 1.165) is 5.56 Å². The molecule has 0 aromatic heterocycles. The van der Waals surface area contributed by atoms with Crippen molar-refractivity contribution in [2.45, 2.75) is 32.2 Å². The number of hydrogen-bond acceptors (Lipinski definition) is 3. The Kier molecular flexibility index (Phi) is 5.85. The van der Waals surface area contributed by atoms with Crippen LogP contribution in [0.1, 0.15) is 29.8 Å². The Hall–Kier alpha value is -2.34. The molecule has 6 heteroatoms. The van der Waals surface area contributed by atoms with E-state index in [2.05, 4.69) is 5.32 Å². The van der Waals surface area contributed by atoms with Gasteiger partial charge >= 0.3 is 0 Å². The minimum absolute atomic E-state index is 0.103. The van der Waals surface area contributed by atoms with E-state index >= 15 is 0 Å². The van der Waals surface area contributed by atoms with Crippen LogP contribution in [0.15, 0.2) is 48.5 Å². The Morgan fingerprint density at radius 3 is 2.48 bits per heavy atom. The zero-order chi connectivity index (χ0) is 19.6. The van der Waals surface area contributed by atoms with Gasteiger partial charge in [-0.2, -0.15) is 0 Å². The summed E-state index contributed by atoms with van der Waals surface area (Å²) < 4.78 is 13.9. The number of aryl methyl sites for hydroxylation is 1. The summed E-state index contributed by atoms with van der Waals surface area (Å²) in [5.41, 5.74) is 1.59. The van der Waals surface area contributed by atoms with Crippen molar-refractivity contribution < 1.29 is 14.0 Å². The van der Waals surface area contributed by atoms with Crippen LogP contribution in [0.2, 0.25) is 0 Å². The average molecular weight is 386 g/mol. The maximum Gasteiger partial charge on any atom is 0.255 e. The van der Waals surface area contributed by atoms with Gasteiger partial charge in [0, 0.05) is 11.3 Å². The molecule has 1 N–H and O–H groups in total. The monoisotopic (exact) mass is 386 g/mol. The number of amides is 2. The SMILES string of the molecule is Cc1ccccc1C(=O)N1C(C(=O)Nc2ccccc2F)CSC1C(C)C. The molecular weight excluding hydrogens is 363 g/mol. The summed E-state index contributed by atoms with van der Waals surface area (Å²) in [7, 11) is 0. The molecule has 1 aliphatic heterocycles. The summed E-state index contributed by atoms with van der Waals surface area (Å²) in [6.07, 6.45) is 0. The first-order valence-corrected chi connectivity index (χ1v) is 10.0. The zero-order valence-electron chi connectivity index (χ0n) is 15.6. The second kappa shape index (κ2) is 8.13. The van der Waals surface area contributed by atoms with Crippen LogP contribution in [0.3, 0.4) is 0 Å². The van der Waals surface area contributed by atoms with Gasteiger partial charge < -0.3 is 10.2 Å². The van der Waals surface area contributed by atoms with Crippen molar-refractivity contribution in [3.05, 3.63) is 65.5 Å². The number of rotatable bonds is 4. The van der Waals surface area contributed by atoms with E-state index in [4.69, 9.17) is 0 Å². The Bertz CT molecular complexity index is 856. The molecule has 1 saturated heterocycles. The first kappa shape index (κ1) is 19.4. The summed E-state index contributed by atoms with van der Waals surface area (Å²) in [6.45, 7) is 5.95. The standard InChI is InChI=1S/C21H23FN2O2S/c1-13(2)21-24(20(26)15-9-5-4-8-14(15)3)18(12-27-21)19(25)23-17-11-7-6-10-16(17)22/h4-11,13,18,21H,12H2,1-3H3,(H,23,25). The predicted octanol–water partition coefficient (Wildman–Crippen LogP) is 4.31. The largest absolute Gasteiger partial charge is 0.322 e. The molecule has 1 heterocycles. The highest BCUT2D eigenvalue weighted by atomic mass is 32.2. The van der Waals surface area contributed by atoms with Crippen molar-refractivity contribution in [2.24, 2.45) is 5.92 Å². The zero-order valence-corrected chi connectivity index (χ0v) is 16.4. The van der Waals surface area contributed by atoms with Gasteiger partial charge in [0.2, 0.25) is 5.91 Å². The van der Waals surface area contributed by atoms with Crippen molar-refractivity contribution in [2.75, 3.05) is 11.1 Å². The van der Waals surface area contributed by atoms with Crippen molar-refractivity contribution in [1.29, 1.82) is 0 Å². The van der Waals surface area contributed by atoms with Crippen LogP contribution in [-0.2, 0) is 4.79 Å². The molecule has 0 spiro atoms. The smallest absolute Gasteiger partial charge is 0.255 e. The first-order valence-electron chi connectivity index (χ1n) is 8.95. The van der Waals surface area contributed by atoms with Crippen molar-refractivity contribution >= 4 is 29.3 Å². The maximum absolute atomic E-state index is 13.9. The molecule has 1 fully saturated rings. The minimum Gasteiger partial charge on any atom is -0.322 e. The third-order valence-corrected chi connectivity index (χ3v) is 6.27. The number of nitrogens with zero attached hydrogens (tertiary/aromatic N) is 1. The lowest BCUT2D eigenvalue weighted by atomic mass is 10.0. The number of carbonyl (C=O) groups excluding carboxylic acids is 2. The van der Waals surface area contributed by atoms with Crippen molar-refractivity contribution in [1.82, 2.24) is 4.90 Å². The van der Waals surface area contributed by atoms with Gasteiger partial charge in [0.15, 0.2) is 0 Å². The van der Waals surface area contributed by atoms with Crippen LogP contribution < -0.4 is 5.32 Å². The summed E-state index contributed by atoms with van der Waals surface area (Å²) in [5.74, 6) is -0.341. The highest BCUT2D eigenvalue weighted by molar-refractivity contribution is 8.00. The van der Waals surface area contributed by atoms with Gasteiger partial charge in [-0.25, -0.2) is 4.39 Å². The number of hydrogen-bond donors (Lipinski definition) is 1. The van der Waals surface area contributed by atoms with Gasteiger partial charge in [0.25, 0.3) is 5.91 Å². The molecule has 2 aromatic carbocycles. The van der Waals surface area contributed by atoms with Crippen LogP contribution in [0, 0.1) is 18.7 Å². The van der Waals surface area contributed by atoms with Crippen LogP contribution in [0.5, 0.6) is 0 Å². The fourth-order valence-corrected chi connectivity index (χ4v) is 4.71. The minimum atomic E-state index is -0.644. The summed E-state index contributed by atoms with van der Waals surface area (Å²) >= 11 is 1.59. The molecule has 2 aromatic rings. The average Bonchev–Trinajstić information content (AvgIpc) is 3.09. The number of anilines is 1. The Morgan fingerprint density at radius 1 is 1.15 bits per heavy atom. The van der Waals surface area contributed by atoms with E-state index < -0.39 is 11.9 Å². The van der Waals surface area contributed by atoms with Crippen molar-refractivity contribution in [3.8, 4) is 0 Å². The molecule has 142 valence electrons. The van der Waals surface area contributed by atoms with Gasteiger partial charge in [-0.15, -0.1) is 11.8 Å². The molecule has 3 rings (SSSR count). The normalized spacial score (nSPS) is 19.4. The van der Waals surface area contributed by atoms with Crippen LogP contribution in [0.25, 0.3) is 0 Å². The second-order valence-electron chi connectivity index (χ2n) is 6.98. The fraction of sp³-hybridized carbons (Fsp3) is 0.333. The molecule has 0 bridgehead atoms. The van der Waals surface area contributed by atoms with E-state index in [-0.39, 0.29) is 28.8 Å². The van der Waals surface area contributed by atoms with Crippen LogP contribution in [0.4, 0.5) is 10.1 Å². The van der Waals surface area contributed by atoms with Gasteiger partial charge in [-0.05, 0) is 36.6 Å². The number of benzene rings is 2. The van der Waals surface area contributed by atoms with E-state index in [1.807, 2.05) is 39.0 Å². The predicted molar refractivity (Wildman–Crippen MR) is 107 cm³/mol. The summed E-state index contributed by atoms with van der Waals surface area (Å²) in [5, 5.41) is 2.54. The van der Waals surface area contributed by atoms with Gasteiger partial charge in [0.05, 0.1) is 11.1 Å². The molecule has 2 atom stereocenters. The molecule has 27 heavy (non-hydrogen) atoms. The topological polar surface area (TPSA) is 49.4 Å². The van der Waals surface area contributed by atoms with Crippen molar-refractivity contribution in [3.63, 3.8) is 0 Å². The summed E-state index contributed by atoms with van der Waals surface area (Å²) in [4.78, 5) is 27.8. The Morgan fingerprint density at radius 2 is 1.81 bits per heavy atom. The lowest BCUT2D eigenvalue weighted by molar-refractivity contribution is -0.119. The molecule has 0 aliphatic carbocycles. The lowest BCUT2D eigenvalue weighted by Crippen LogP contribution is -2.49. The Balaban J connectivity index is 1.89. The highest BCUT2D eigenvalue weighted by Crippen LogP contribution is 2.36. The molecule has 0 saturated carbocycles. The number of para-hydroxylation sites is 1. The van der Waals surface area contributed by atoms with Crippen LogP contribution >= 0.6 is 11.8 Å². The maximum atomic E-state index is 13.9. The Labute approximate surface area is 163 Å². The van der Waals surface area contributed by atoms with E-state index in [1.54, 1.807) is 34.9 Å². The number of thioether (sulfide) groups is 1. The first-order chi connectivity index (χ1) is 12.9. The van der Waals surface area contributed by atoms with E-state index in [1.165, 1.54) is 12.1 Å². The van der Waals surface area contributed by atoms with Gasteiger partial charge in [-0.3, -0.25) is 9.59 Å². The fourth-order valence-electron chi connectivity index (χ4n) is 3.23. The number of nitrogens with one attached hydrogen (secondary N) is 1. The number of carbonyl (C=O) groups is 2. The van der Waals surface area contributed by atoms with E-state index in [0.29, 0.717) is 11.3 Å². The number of halogens is 1. The third-order valence-electron chi connectivity index (χ3n) is 4.65. The highest BCUT2D eigenvalue weighted by Gasteiger charge is 2.43. The van der Waals surface area contributed by atoms with Gasteiger partial charge in [0.1, 0.15) is 11.9 Å². The summed E-state index contributed by atoms with van der Waals surface area (Å²) in [6, 6.07) is 12.8. The second-order valence-corrected chi connectivity index (χ2v) is 8.13. The lowest BCUT2D eigenvalue weighted by Gasteiger charge is -2.31. The molecule has 0 radical (unpaired) electrons. The molecule has 2 amide bonds. The van der Waals surface area contributed by atoms with E-state index in [9.17, 15) is 14.0 Å². The molecule has 4 nitrogen and oxygen atoms in total. The third kappa shape index (κ3) is 4.00. The molecular formula is C21H23FN2O2S. The molecule has 2 unspecified atom stereocenters.